The molecule has 0 spiro atoms. The average molecular weight is 398 g/mol. The number of hydrogen-bond acceptors (Lipinski definition) is 4. The van der Waals surface area contributed by atoms with Crippen LogP contribution in [0.4, 0.5) is 0 Å². The summed E-state index contributed by atoms with van der Waals surface area (Å²) in [4.78, 5) is 11.5. The van der Waals surface area contributed by atoms with Crippen molar-refractivity contribution in [1.29, 1.82) is 0 Å². The van der Waals surface area contributed by atoms with Crippen LogP contribution in [0.25, 0.3) is 11.1 Å². The van der Waals surface area contributed by atoms with Crippen LogP contribution in [0.3, 0.4) is 0 Å². The van der Waals surface area contributed by atoms with Gasteiger partial charge in [0.2, 0.25) is 0 Å². The summed E-state index contributed by atoms with van der Waals surface area (Å²) < 4.78 is 10.7. The summed E-state index contributed by atoms with van der Waals surface area (Å²) in [6, 6.07) is 25.4. The molecule has 0 heterocycles. The average Bonchev–Trinajstić information content (AvgIpc) is 2.73. The monoisotopic (exact) mass is 397 g/mol. The molecule has 0 bridgehead atoms. The zero-order chi connectivity index (χ0) is 19.1. The first-order chi connectivity index (χ1) is 13.2. The summed E-state index contributed by atoms with van der Waals surface area (Å²) in [5.74, 6) is 0.430. The van der Waals surface area contributed by atoms with Crippen LogP contribution in [-0.4, -0.2) is 19.1 Å². The van der Waals surface area contributed by atoms with Gasteiger partial charge in [-0.3, -0.25) is 4.79 Å². The molecule has 0 radical (unpaired) electrons. The van der Waals surface area contributed by atoms with E-state index in [1.807, 2.05) is 78.9 Å². The molecule has 3 aromatic rings. The molecule has 28 heavy (non-hydrogen) atoms. The van der Waals surface area contributed by atoms with Gasteiger partial charge in [0.25, 0.3) is 0 Å². The number of esters is 1. The molecule has 0 saturated heterocycles. The summed E-state index contributed by atoms with van der Waals surface area (Å²) in [5, 5.41) is 0. The van der Waals surface area contributed by atoms with Crippen molar-refractivity contribution in [3.63, 3.8) is 0 Å². The molecular formula is C23H24ClNO3. The van der Waals surface area contributed by atoms with Crippen LogP contribution in [0.15, 0.2) is 78.9 Å². The van der Waals surface area contributed by atoms with E-state index < -0.39 is 12.0 Å². The Morgan fingerprint density at radius 2 is 1.54 bits per heavy atom. The second-order valence-electron chi connectivity index (χ2n) is 6.30. The van der Waals surface area contributed by atoms with Gasteiger partial charge in [0.1, 0.15) is 18.4 Å². The van der Waals surface area contributed by atoms with Crippen LogP contribution in [0.1, 0.15) is 11.1 Å². The van der Waals surface area contributed by atoms with Crippen molar-refractivity contribution in [2.45, 2.75) is 19.1 Å². The fourth-order valence-corrected chi connectivity index (χ4v) is 2.88. The maximum Gasteiger partial charge on any atom is 0.322 e. The first-order valence-corrected chi connectivity index (χ1v) is 8.86. The van der Waals surface area contributed by atoms with Gasteiger partial charge in [0.05, 0.1) is 7.11 Å². The fraction of sp³-hybridized carbons (Fsp3) is 0.174. The van der Waals surface area contributed by atoms with Crippen molar-refractivity contribution in [2.24, 2.45) is 5.73 Å². The molecule has 0 fully saturated rings. The second kappa shape index (κ2) is 10.5. The van der Waals surface area contributed by atoms with E-state index >= 15 is 0 Å². The third-order valence-electron chi connectivity index (χ3n) is 4.35. The van der Waals surface area contributed by atoms with Crippen molar-refractivity contribution >= 4 is 18.4 Å². The van der Waals surface area contributed by atoms with E-state index in [1.165, 1.54) is 7.11 Å². The van der Waals surface area contributed by atoms with Gasteiger partial charge in [-0.15, -0.1) is 12.4 Å². The molecule has 0 aliphatic rings. The van der Waals surface area contributed by atoms with E-state index in [0.717, 1.165) is 28.0 Å². The number of ether oxygens (including phenoxy) is 2. The Kier molecular flexibility index (Phi) is 8.05. The molecule has 0 unspecified atom stereocenters. The summed E-state index contributed by atoms with van der Waals surface area (Å²) in [6.07, 6.45) is 0.444. The van der Waals surface area contributed by atoms with Crippen LogP contribution in [0.2, 0.25) is 0 Å². The number of hydrogen-bond donors (Lipinski definition) is 1. The molecule has 0 aliphatic carbocycles. The highest BCUT2D eigenvalue weighted by atomic mass is 35.5. The van der Waals surface area contributed by atoms with E-state index in [2.05, 4.69) is 4.74 Å². The molecule has 0 amide bonds. The lowest BCUT2D eigenvalue weighted by molar-refractivity contribution is -0.142. The highest BCUT2D eigenvalue weighted by Gasteiger charge is 2.14. The lowest BCUT2D eigenvalue weighted by Crippen LogP contribution is -2.33. The van der Waals surface area contributed by atoms with Crippen molar-refractivity contribution in [3.8, 4) is 16.9 Å². The predicted molar refractivity (Wildman–Crippen MR) is 114 cm³/mol. The summed E-state index contributed by atoms with van der Waals surface area (Å²) in [5.41, 5.74) is 10.0. The third-order valence-corrected chi connectivity index (χ3v) is 4.35. The minimum Gasteiger partial charge on any atom is -0.488 e. The van der Waals surface area contributed by atoms with Gasteiger partial charge in [-0.2, -0.15) is 0 Å². The van der Waals surface area contributed by atoms with Crippen LogP contribution in [-0.2, 0) is 22.6 Å². The van der Waals surface area contributed by atoms with E-state index in [9.17, 15) is 4.79 Å². The van der Waals surface area contributed by atoms with E-state index in [4.69, 9.17) is 10.5 Å². The molecular weight excluding hydrogens is 374 g/mol. The Morgan fingerprint density at radius 3 is 2.21 bits per heavy atom. The maximum absolute atomic E-state index is 11.5. The highest BCUT2D eigenvalue weighted by molar-refractivity contribution is 5.85. The molecule has 0 aromatic heterocycles. The Balaban J connectivity index is 0.00000280. The van der Waals surface area contributed by atoms with Crippen molar-refractivity contribution < 1.29 is 14.3 Å². The Bertz CT molecular complexity index is 882. The molecule has 2 N–H and O–H groups in total. The molecule has 4 nitrogen and oxygen atoms in total. The molecule has 5 heteroatoms. The highest BCUT2D eigenvalue weighted by Crippen LogP contribution is 2.30. The zero-order valence-electron chi connectivity index (χ0n) is 15.7. The lowest BCUT2D eigenvalue weighted by atomic mass is 10.0. The van der Waals surface area contributed by atoms with E-state index in [-0.39, 0.29) is 12.4 Å². The minimum absolute atomic E-state index is 0. The van der Waals surface area contributed by atoms with Gasteiger partial charge in [0.15, 0.2) is 0 Å². The number of nitrogens with two attached hydrogens (primary N) is 1. The molecule has 1 atom stereocenters. The Hall–Kier alpha value is -2.82. The Labute approximate surface area is 171 Å². The van der Waals surface area contributed by atoms with Crippen molar-refractivity contribution in [2.75, 3.05) is 7.11 Å². The largest absolute Gasteiger partial charge is 0.488 e. The normalized spacial score (nSPS) is 11.2. The summed E-state index contributed by atoms with van der Waals surface area (Å²) in [6.45, 7) is 0.518. The van der Waals surface area contributed by atoms with Gasteiger partial charge in [-0.05, 0) is 29.2 Å². The van der Waals surface area contributed by atoms with E-state index in [1.54, 1.807) is 0 Å². The Morgan fingerprint density at radius 1 is 0.893 bits per heavy atom. The molecule has 146 valence electrons. The van der Waals surface area contributed by atoms with Crippen LogP contribution >= 0.6 is 12.4 Å². The number of halogens is 1. The number of carbonyl (C=O) groups excluding carboxylic acids is 1. The zero-order valence-corrected chi connectivity index (χ0v) is 16.5. The number of para-hydroxylation sites is 1. The van der Waals surface area contributed by atoms with Crippen LogP contribution in [0.5, 0.6) is 5.75 Å². The molecule has 3 rings (SSSR count). The number of benzene rings is 3. The fourth-order valence-electron chi connectivity index (χ4n) is 2.88. The number of methoxy groups -OCH3 is 1. The first kappa shape index (κ1) is 21.5. The number of carbonyl (C=O) groups is 1. The standard InChI is InChI=1S/C23H23NO3.ClH/c1-26-23(25)21(24)15-17-11-13-19(14-12-17)20-9-5-6-10-22(20)27-16-18-7-3-2-4-8-18;/h2-14,21H,15-16,24H2,1H3;1H/t21-;/m0./s1. The molecule has 0 saturated carbocycles. The summed E-state index contributed by atoms with van der Waals surface area (Å²) >= 11 is 0. The lowest BCUT2D eigenvalue weighted by Gasteiger charge is -2.13. The SMILES string of the molecule is COC(=O)[C@@H](N)Cc1ccc(-c2ccccc2OCc2ccccc2)cc1.Cl. The van der Waals surface area contributed by atoms with Crippen LogP contribution < -0.4 is 10.5 Å². The molecule has 3 aromatic carbocycles. The van der Waals surface area contributed by atoms with Gasteiger partial charge in [-0.25, -0.2) is 0 Å². The quantitative estimate of drug-likeness (QED) is 0.600. The van der Waals surface area contributed by atoms with Gasteiger partial charge >= 0.3 is 5.97 Å². The van der Waals surface area contributed by atoms with Gasteiger partial charge < -0.3 is 15.2 Å². The first-order valence-electron chi connectivity index (χ1n) is 8.86. The summed E-state index contributed by atoms with van der Waals surface area (Å²) in [7, 11) is 1.34. The van der Waals surface area contributed by atoms with E-state index in [0.29, 0.717) is 13.0 Å². The van der Waals surface area contributed by atoms with Gasteiger partial charge in [0, 0.05) is 5.56 Å². The van der Waals surface area contributed by atoms with Gasteiger partial charge in [-0.1, -0.05) is 72.8 Å². The smallest absolute Gasteiger partial charge is 0.322 e. The molecule has 0 aliphatic heterocycles. The minimum atomic E-state index is -0.651. The predicted octanol–water partition coefficient (Wildman–Crippen LogP) is 4.40. The maximum atomic E-state index is 11.5. The number of rotatable bonds is 7. The van der Waals surface area contributed by atoms with Crippen molar-refractivity contribution in [1.82, 2.24) is 0 Å². The third kappa shape index (κ3) is 5.59. The van der Waals surface area contributed by atoms with Crippen LogP contribution in [0, 0.1) is 0 Å². The topological polar surface area (TPSA) is 61.5 Å². The second-order valence-corrected chi connectivity index (χ2v) is 6.30. The van der Waals surface area contributed by atoms with Crippen molar-refractivity contribution in [3.05, 3.63) is 90.0 Å².